The van der Waals surface area contributed by atoms with Gasteiger partial charge in [0.15, 0.2) is 0 Å². The van der Waals surface area contributed by atoms with E-state index in [4.69, 9.17) is 4.52 Å². The molecule has 6 nitrogen and oxygen atoms in total. The van der Waals surface area contributed by atoms with Gasteiger partial charge in [0.1, 0.15) is 0 Å². The van der Waals surface area contributed by atoms with E-state index in [9.17, 15) is 4.79 Å². The summed E-state index contributed by atoms with van der Waals surface area (Å²) in [7, 11) is 0. The van der Waals surface area contributed by atoms with Crippen molar-refractivity contribution in [1.82, 2.24) is 15.1 Å². The maximum atomic E-state index is 13.2. The lowest BCUT2D eigenvalue weighted by molar-refractivity contribution is 0.102. The number of thiophene rings is 1. The first-order valence-corrected chi connectivity index (χ1v) is 9.54. The number of amides is 1. The van der Waals surface area contributed by atoms with E-state index in [2.05, 4.69) is 20.4 Å². The molecule has 0 saturated heterocycles. The van der Waals surface area contributed by atoms with Crippen molar-refractivity contribution >= 4 is 44.9 Å². The van der Waals surface area contributed by atoms with Crippen LogP contribution in [0.25, 0.3) is 32.6 Å². The first-order valence-electron chi connectivity index (χ1n) is 8.67. The SMILES string of the molecule is Cc1noc2nc(-c3cccs3)cc(C(=O)Nc3cccc4cccnc34)c12. The lowest BCUT2D eigenvalue weighted by Gasteiger charge is -2.09. The largest absolute Gasteiger partial charge is 0.335 e. The minimum atomic E-state index is -0.255. The van der Waals surface area contributed by atoms with Gasteiger partial charge in [0.25, 0.3) is 11.6 Å². The Bertz CT molecular complexity index is 1320. The Morgan fingerprint density at radius 3 is 2.89 bits per heavy atom. The fourth-order valence-corrected chi connectivity index (χ4v) is 3.91. The van der Waals surface area contributed by atoms with Gasteiger partial charge in [-0.05, 0) is 36.6 Å². The number of nitrogens with zero attached hydrogens (tertiary/aromatic N) is 3. The number of aromatic nitrogens is 3. The Kier molecular flexibility index (Phi) is 3.87. The second-order valence-electron chi connectivity index (χ2n) is 6.32. The molecule has 1 aromatic carbocycles. The molecule has 0 spiro atoms. The third-order valence-electron chi connectivity index (χ3n) is 4.52. The van der Waals surface area contributed by atoms with Crippen molar-refractivity contribution in [1.29, 1.82) is 0 Å². The molecule has 0 radical (unpaired) electrons. The molecule has 4 aromatic heterocycles. The van der Waals surface area contributed by atoms with Crippen LogP contribution in [0.5, 0.6) is 0 Å². The summed E-state index contributed by atoms with van der Waals surface area (Å²) in [4.78, 5) is 23.1. The maximum absolute atomic E-state index is 13.2. The molecule has 0 aliphatic heterocycles. The number of carbonyl (C=O) groups is 1. The Morgan fingerprint density at radius 1 is 1.14 bits per heavy atom. The van der Waals surface area contributed by atoms with Crippen molar-refractivity contribution in [2.24, 2.45) is 0 Å². The third kappa shape index (κ3) is 2.73. The first-order chi connectivity index (χ1) is 13.7. The predicted molar refractivity (Wildman–Crippen MR) is 110 cm³/mol. The lowest BCUT2D eigenvalue weighted by atomic mass is 10.1. The second-order valence-corrected chi connectivity index (χ2v) is 7.26. The molecule has 1 N–H and O–H groups in total. The van der Waals surface area contributed by atoms with Gasteiger partial charge in [0, 0.05) is 11.6 Å². The van der Waals surface area contributed by atoms with Crippen LogP contribution < -0.4 is 5.32 Å². The van der Waals surface area contributed by atoms with Crippen LogP contribution in [0.4, 0.5) is 5.69 Å². The Labute approximate surface area is 163 Å². The van der Waals surface area contributed by atoms with Gasteiger partial charge in [-0.1, -0.05) is 29.4 Å². The molecule has 136 valence electrons. The molecule has 0 atom stereocenters. The van der Waals surface area contributed by atoms with Gasteiger partial charge in [-0.15, -0.1) is 11.3 Å². The van der Waals surface area contributed by atoms with Gasteiger partial charge >= 0.3 is 0 Å². The molecular weight excluding hydrogens is 372 g/mol. The van der Waals surface area contributed by atoms with Crippen molar-refractivity contribution in [3.63, 3.8) is 0 Å². The van der Waals surface area contributed by atoms with Crippen LogP contribution in [0, 0.1) is 6.92 Å². The fourth-order valence-electron chi connectivity index (χ4n) is 3.22. The number of anilines is 1. The van der Waals surface area contributed by atoms with Gasteiger partial charge in [0.05, 0.1) is 38.4 Å². The Morgan fingerprint density at radius 2 is 2.04 bits per heavy atom. The number of hydrogen-bond acceptors (Lipinski definition) is 6. The van der Waals surface area contributed by atoms with Crippen LogP contribution in [-0.4, -0.2) is 21.0 Å². The molecule has 0 aliphatic carbocycles. The molecule has 0 bridgehead atoms. The van der Waals surface area contributed by atoms with Crippen molar-refractivity contribution in [2.45, 2.75) is 6.92 Å². The van der Waals surface area contributed by atoms with E-state index >= 15 is 0 Å². The van der Waals surface area contributed by atoms with Crippen molar-refractivity contribution in [2.75, 3.05) is 5.32 Å². The highest BCUT2D eigenvalue weighted by Gasteiger charge is 2.20. The molecular formula is C21H14N4O2S. The van der Waals surface area contributed by atoms with Crippen LogP contribution in [0.1, 0.15) is 16.1 Å². The Hall–Kier alpha value is -3.58. The standard InChI is InChI=1S/C21H14N4O2S/c1-12-18-14(11-16(17-8-4-10-28-17)24-21(18)27-25-12)20(26)23-15-7-2-5-13-6-3-9-22-19(13)15/h2-11H,1H3,(H,23,26). The van der Waals surface area contributed by atoms with E-state index in [0.29, 0.717) is 33.7 Å². The number of pyridine rings is 2. The summed E-state index contributed by atoms with van der Waals surface area (Å²) in [5.41, 5.74) is 3.52. The zero-order chi connectivity index (χ0) is 19.1. The van der Waals surface area contributed by atoms with E-state index in [1.165, 1.54) is 0 Å². The van der Waals surface area contributed by atoms with Gasteiger partial charge in [-0.25, -0.2) is 4.98 Å². The smallest absolute Gasteiger partial charge is 0.259 e. The van der Waals surface area contributed by atoms with Crippen LogP contribution in [0.15, 0.2) is 64.6 Å². The molecule has 0 saturated carbocycles. The predicted octanol–water partition coefficient (Wildman–Crippen LogP) is 5.06. The molecule has 5 aromatic rings. The molecule has 1 amide bonds. The van der Waals surface area contributed by atoms with Crippen LogP contribution in [0.2, 0.25) is 0 Å². The highest BCUT2D eigenvalue weighted by molar-refractivity contribution is 7.13. The number of hydrogen-bond donors (Lipinski definition) is 1. The maximum Gasteiger partial charge on any atom is 0.259 e. The molecule has 0 unspecified atom stereocenters. The highest BCUT2D eigenvalue weighted by Crippen LogP contribution is 2.30. The summed E-state index contributed by atoms with van der Waals surface area (Å²) in [6.45, 7) is 1.80. The normalized spacial score (nSPS) is 11.2. The zero-order valence-electron chi connectivity index (χ0n) is 14.8. The Balaban J connectivity index is 1.63. The zero-order valence-corrected chi connectivity index (χ0v) is 15.7. The van der Waals surface area contributed by atoms with E-state index in [1.54, 1.807) is 30.5 Å². The van der Waals surface area contributed by atoms with E-state index < -0.39 is 0 Å². The summed E-state index contributed by atoms with van der Waals surface area (Å²) in [5.74, 6) is -0.255. The molecule has 28 heavy (non-hydrogen) atoms. The quantitative estimate of drug-likeness (QED) is 0.469. The monoisotopic (exact) mass is 386 g/mol. The van der Waals surface area contributed by atoms with Crippen molar-refractivity contribution in [3.05, 3.63) is 71.4 Å². The number of benzene rings is 1. The van der Waals surface area contributed by atoms with Gasteiger partial charge < -0.3 is 9.84 Å². The molecule has 0 fully saturated rings. The molecule has 5 rings (SSSR count). The van der Waals surface area contributed by atoms with E-state index in [0.717, 1.165) is 15.8 Å². The van der Waals surface area contributed by atoms with Crippen LogP contribution in [0.3, 0.4) is 0 Å². The summed E-state index contributed by atoms with van der Waals surface area (Å²) in [5, 5.41) is 10.5. The number of aryl methyl sites for hydroxylation is 1. The fraction of sp³-hybridized carbons (Fsp3) is 0.0476. The number of nitrogens with one attached hydrogen (secondary N) is 1. The molecule has 4 heterocycles. The molecule has 7 heteroatoms. The first kappa shape index (κ1) is 16.6. The summed E-state index contributed by atoms with van der Waals surface area (Å²) >= 11 is 1.55. The average Bonchev–Trinajstić information content (AvgIpc) is 3.38. The summed E-state index contributed by atoms with van der Waals surface area (Å²) in [6.07, 6.45) is 1.71. The highest BCUT2D eigenvalue weighted by atomic mass is 32.1. The number of fused-ring (bicyclic) bond motifs is 2. The summed E-state index contributed by atoms with van der Waals surface area (Å²) in [6, 6.07) is 15.2. The number of rotatable bonds is 3. The van der Waals surface area contributed by atoms with Gasteiger partial charge in [-0.3, -0.25) is 9.78 Å². The van der Waals surface area contributed by atoms with E-state index in [-0.39, 0.29) is 5.91 Å². The van der Waals surface area contributed by atoms with Crippen LogP contribution >= 0.6 is 11.3 Å². The lowest BCUT2D eigenvalue weighted by Crippen LogP contribution is -2.13. The van der Waals surface area contributed by atoms with E-state index in [1.807, 2.05) is 47.8 Å². The van der Waals surface area contributed by atoms with Gasteiger partial charge in [0.2, 0.25) is 0 Å². The minimum Gasteiger partial charge on any atom is -0.335 e. The number of carbonyl (C=O) groups excluding carboxylic acids is 1. The van der Waals surface area contributed by atoms with Crippen LogP contribution in [-0.2, 0) is 0 Å². The minimum absolute atomic E-state index is 0.255. The topological polar surface area (TPSA) is 80.9 Å². The van der Waals surface area contributed by atoms with Crippen molar-refractivity contribution < 1.29 is 9.32 Å². The molecule has 0 aliphatic rings. The summed E-state index contributed by atoms with van der Waals surface area (Å²) < 4.78 is 5.35. The van der Waals surface area contributed by atoms with Crippen molar-refractivity contribution in [3.8, 4) is 10.6 Å². The average molecular weight is 386 g/mol. The number of para-hydroxylation sites is 1. The third-order valence-corrected chi connectivity index (χ3v) is 5.41. The second kappa shape index (κ2) is 6.54. The van der Waals surface area contributed by atoms with Gasteiger partial charge in [-0.2, -0.15) is 0 Å².